The van der Waals surface area contributed by atoms with Crippen molar-refractivity contribution in [2.24, 2.45) is 5.92 Å². The van der Waals surface area contributed by atoms with Gasteiger partial charge in [0.1, 0.15) is 0 Å². The van der Waals surface area contributed by atoms with Crippen LogP contribution in [0, 0.1) is 5.92 Å². The van der Waals surface area contributed by atoms with E-state index in [1.165, 1.54) is 12.8 Å². The molecule has 2 unspecified atom stereocenters. The Kier molecular flexibility index (Phi) is 2.40. The monoisotopic (exact) mass is 139 g/mol. The van der Waals surface area contributed by atoms with Crippen molar-refractivity contribution in [1.82, 2.24) is 4.81 Å². The third kappa shape index (κ3) is 0.988. The Balaban J connectivity index is 2.42. The maximum Gasteiger partial charge on any atom is 0.186 e. The average Bonchev–Trinajstić information content (AvgIpc) is 1.90. The molecule has 1 aliphatic rings. The SMILES string of the molecule is BN1C(CC)C(C)C1CC. The van der Waals surface area contributed by atoms with Crippen molar-refractivity contribution in [3.63, 3.8) is 0 Å². The fourth-order valence-corrected chi connectivity index (χ4v) is 2.46. The summed E-state index contributed by atoms with van der Waals surface area (Å²) < 4.78 is 0. The van der Waals surface area contributed by atoms with Crippen LogP contribution < -0.4 is 0 Å². The van der Waals surface area contributed by atoms with Crippen LogP contribution in [0.15, 0.2) is 0 Å². The lowest BCUT2D eigenvalue weighted by molar-refractivity contribution is 0.0288. The molecule has 2 heteroatoms. The van der Waals surface area contributed by atoms with Gasteiger partial charge in [-0.05, 0) is 18.8 Å². The number of nitrogens with zero attached hydrogens (tertiary/aromatic N) is 1. The fourth-order valence-electron chi connectivity index (χ4n) is 2.46. The van der Waals surface area contributed by atoms with Crippen LogP contribution in [0.25, 0.3) is 0 Å². The molecule has 1 heterocycles. The molecule has 1 rings (SSSR count). The van der Waals surface area contributed by atoms with E-state index in [0.717, 1.165) is 18.0 Å². The number of hydrogen-bond acceptors (Lipinski definition) is 1. The molecule has 1 fully saturated rings. The van der Waals surface area contributed by atoms with E-state index >= 15 is 0 Å². The molecule has 0 aromatic heterocycles. The first-order valence-electron chi connectivity index (χ1n) is 4.44. The summed E-state index contributed by atoms with van der Waals surface area (Å²) in [6, 6.07) is 1.73. The molecule has 2 atom stereocenters. The minimum absolute atomic E-state index is 0.866. The van der Waals surface area contributed by atoms with Crippen molar-refractivity contribution < 1.29 is 0 Å². The number of hydrogen-bond donors (Lipinski definition) is 0. The van der Waals surface area contributed by atoms with Crippen LogP contribution in [0.2, 0.25) is 0 Å². The molecule has 0 spiro atoms. The van der Waals surface area contributed by atoms with Gasteiger partial charge < -0.3 is 4.81 Å². The molecule has 10 heavy (non-hydrogen) atoms. The Morgan fingerprint density at radius 2 is 1.60 bits per heavy atom. The molecule has 0 aromatic carbocycles. The lowest BCUT2D eigenvalue weighted by Crippen LogP contribution is -2.60. The van der Waals surface area contributed by atoms with Crippen molar-refractivity contribution in [2.75, 3.05) is 0 Å². The van der Waals surface area contributed by atoms with Gasteiger partial charge in [0.25, 0.3) is 0 Å². The molecule has 0 aliphatic carbocycles. The largest absolute Gasteiger partial charge is 0.343 e. The Morgan fingerprint density at radius 3 is 1.80 bits per heavy atom. The summed E-state index contributed by atoms with van der Waals surface area (Å²) in [7, 11) is 2.25. The van der Waals surface area contributed by atoms with E-state index in [1.54, 1.807) is 0 Å². The van der Waals surface area contributed by atoms with Gasteiger partial charge in [-0.25, -0.2) is 0 Å². The zero-order chi connectivity index (χ0) is 7.72. The second kappa shape index (κ2) is 2.95. The molecule has 0 amide bonds. The minimum atomic E-state index is 0.866. The third-order valence-corrected chi connectivity index (χ3v) is 3.10. The maximum atomic E-state index is 2.52. The molecule has 1 aliphatic heterocycles. The van der Waals surface area contributed by atoms with Crippen LogP contribution in [-0.2, 0) is 0 Å². The molecular formula is C8H18BN. The lowest BCUT2D eigenvalue weighted by Gasteiger charge is -2.53. The van der Waals surface area contributed by atoms with Crippen molar-refractivity contribution in [3.05, 3.63) is 0 Å². The van der Waals surface area contributed by atoms with Gasteiger partial charge in [-0.15, -0.1) is 0 Å². The van der Waals surface area contributed by atoms with Crippen LogP contribution in [0.5, 0.6) is 0 Å². The molecule has 1 saturated heterocycles. The highest BCUT2D eigenvalue weighted by Gasteiger charge is 2.39. The smallest absolute Gasteiger partial charge is 0.186 e. The Morgan fingerprint density at radius 1 is 1.20 bits per heavy atom. The first-order valence-corrected chi connectivity index (χ1v) is 4.44. The minimum Gasteiger partial charge on any atom is -0.343 e. The summed E-state index contributed by atoms with van der Waals surface area (Å²) in [6.45, 7) is 6.94. The predicted molar refractivity (Wildman–Crippen MR) is 47.7 cm³/mol. The van der Waals surface area contributed by atoms with Crippen LogP contribution in [-0.4, -0.2) is 24.9 Å². The quantitative estimate of drug-likeness (QED) is 0.516. The molecule has 0 saturated carbocycles. The van der Waals surface area contributed by atoms with Crippen LogP contribution in [0.3, 0.4) is 0 Å². The van der Waals surface area contributed by atoms with Crippen LogP contribution >= 0.6 is 0 Å². The molecule has 58 valence electrons. The summed E-state index contributed by atoms with van der Waals surface area (Å²) in [5, 5.41) is 0. The highest BCUT2D eigenvalue weighted by Crippen LogP contribution is 2.33. The van der Waals surface area contributed by atoms with Gasteiger partial charge in [0.05, 0.1) is 0 Å². The molecular weight excluding hydrogens is 121 g/mol. The van der Waals surface area contributed by atoms with Crippen molar-refractivity contribution in [3.8, 4) is 0 Å². The van der Waals surface area contributed by atoms with Gasteiger partial charge in [-0.3, -0.25) is 0 Å². The van der Waals surface area contributed by atoms with E-state index in [0.29, 0.717) is 0 Å². The van der Waals surface area contributed by atoms with Gasteiger partial charge >= 0.3 is 0 Å². The van der Waals surface area contributed by atoms with E-state index in [4.69, 9.17) is 0 Å². The highest BCUT2D eigenvalue weighted by atomic mass is 15.2. The summed E-state index contributed by atoms with van der Waals surface area (Å²) in [6.07, 6.45) is 2.63. The second-order valence-corrected chi connectivity index (χ2v) is 3.48. The van der Waals surface area contributed by atoms with Crippen molar-refractivity contribution in [2.45, 2.75) is 45.7 Å². The summed E-state index contributed by atoms with van der Waals surface area (Å²) in [5.74, 6) is 0.931. The molecule has 0 N–H and O–H groups in total. The first kappa shape index (κ1) is 8.12. The van der Waals surface area contributed by atoms with Gasteiger partial charge in [0, 0.05) is 12.1 Å². The zero-order valence-electron chi connectivity index (χ0n) is 7.59. The predicted octanol–water partition coefficient (Wildman–Crippen LogP) is 1.04. The van der Waals surface area contributed by atoms with Crippen LogP contribution in [0.1, 0.15) is 33.6 Å². The fraction of sp³-hybridized carbons (Fsp3) is 1.00. The van der Waals surface area contributed by atoms with E-state index in [9.17, 15) is 0 Å². The van der Waals surface area contributed by atoms with E-state index in [1.807, 2.05) is 0 Å². The van der Waals surface area contributed by atoms with Crippen molar-refractivity contribution >= 4 is 7.98 Å². The van der Waals surface area contributed by atoms with Gasteiger partial charge in [-0.2, -0.15) is 0 Å². The summed E-state index contributed by atoms with van der Waals surface area (Å²) in [5.41, 5.74) is 0. The van der Waals surface area contributed by atoms with Gasteiger partial charge in [-0.1, -0.05) is 20.8 Å². The summed E-state index contributed by atoms with van der Waals surface area (Å²) in [4.78, 5) is 2.52. The van der Waals surface area contributed by atoms with Crippen LogP contribution in [0.4, 0.5) is 0 Å². The molecule has 0 aromatic rings. The normalized spacial score (nSPS) is 41.3. The van der Waals surface area contributed by atoms with Gasteiger partial charge in [0.2, 0.25) is 0 Å². The van der Waals surface area contributed by atoms with Gasteiger partial charge in [0.15, 0.2) is 7.98 Å². The zero-order valence-corrected chi connectivity index (χ0v) is 7.59. The average molecular weight is 139 g/mol. The second-order valence-electron chi connectivity index (χ2n) is 3.48. The topological polar surface area (TPSA) is 3.24 Å². The molecule has 0 bridgehead atoms. The number of rotatable bonds is 2. The van der Waals surface area contributed by atoms with E-state index in [2.05, 4.69) is 33.6 Å². The van der Waals surface area contributed by atoms with E-state index in [-0.39, 0.29) is 0 Å². The standard InChI is InChI=1S/C8H18BN/c1-4-7-6(3)8(5-2)10(7)9/h6-8H,4-5,9H2,1-3H3. The molecule has 0 radical (unpaired) electrons. The lowest BCUT2D eigenvalue weighted by atomic mass is 9.75. The molecule has 1 nitrogen and oxygen atoms in total. The Bertz CT molecular complexity index is 93.8. The summed E-state index contributed by atoms with van der Waals surface area (Å²) >= 11 is 0. The Labute approximate surface area is 65.2 Å². The maximum absolute atomic E-state index is 2.52. The highest BCUT2D eigenvalue weighted by molar-refractivity contribution is 6.05. The van der Waals surface area contributed by atoms with E-state index < -0.39 is 0 Å². The van der Waals surface area contributed by atoms with Crippen molar-refractivity contribution in [1.29, 1.82) is 0 Å². The Hall–Kier alpha value is 0.0249. The third-order valence-electron chi connectivity index (χ3n) is 3.10. The first-order chi connectivity index (χ1) is 4.72.